The van der Waals surface area contributed by atoms with Crippen molar-refractivity contribution in [3.05, 3.63) is 48.5 Å². The number of carboxylic acids is 1. The van der Waals surface area contributed by atoms with Crippen molar-refractivity contribution in [3.63, 3.8) is 0 Å². The van der Waals surface area contributed by atoms with Gasteiger partial charge in [-0.1, -0.05) is 12.1 Å². The highest BCUT2D eigenvalue weighted by Gasteiger charge is 2.42. The molecule has 0 saturated heterocycles. The number of alkyl halides is 2. The molecular formula is C18H21F2N3O2. The third-order valence-electron chi connectivity index (χ3n) is 4.78. The Morgan fingerprint density at radius 1 is 1.28 bits per heavy atom. The summed E-state index contributed by atoms with van der Waals surface area (Å²) in [4.78, 5) is 15.0. The van der Waals surface area contributed by atoms with E-state index in [2.05, 4.69) is 10.3 Å². The Morgan fingerprint density at radius 3 is 2.68 bits per heavy atom. The topological polar surface area (TPSA) is 67.2 Å². The van der Waals surface area contributed by atoms with E-state index < -0.39 is 23.9 Å². The number of aliphatic carboxylic acids is 1. The van der Waals surface area contributed by atoms with Crippen LogP contribution < -0.4 is 5.32 Å². The molecule has 1 saturated carbocycles. The van der Waals surface area contributed by atoms with Crippen LogP contribution in [0.5, 0.6) is 0 Å². The lowest BCUT2D eigenvalue weighted by Crippen LogP contribution is -2.43. The molecule has 1 aromatic carbocycles. The molecule has 1 aliphatic rings. The lowest BCUT2D eigenvalue weighted by molar-refractivity contribution is -0.142. The number of imidazole rings is 1. The Labute approximate surface area is 144 Å². The van der Waals surface area contributed by atoms with Crippen molar-refractivity contribution in [2.75, 3.05) is 0 Å². The number of nitrogens with zero attached hydrogens (tertiary/aromatic N) is 2. The van der Waals surface area contributed by atoms with E-state index in [4.69, 9.17) is 5.11 Å². The van der Waals surface area contributed by atoms with Crippen molar-refractivity contribution >= 4 is 5.97 Å². The van der Waals surface area contributed by atoms with Crippen LogP contribution in [0.4, 0.5) is 8.78 Å². The molecule has 0 radical (unpaired) electrons. The standard InChI is InChI=1S/C18H21F2N3O2/c19-18(20)8-7-14(17(24)25)3-6-16(18)22-11-13-1-4-15(5-2-13)23-10-9-21-12-23/h1-2,4-5,9-10,12,14,16,22H,3,6-8,11H2,(H,24,25)/t14-,16-/m1/s1. The zero-order valence-electron chi connectivity index (χ0n) is 13.7. The number of carbonyl (C=O) groups is 1. The maximum Gasteiger partial charge on any atom is 0.306 e. The number of carboxylic acid groups (broad SMARTS) is 1. The zero-order valence-corrected chi connectivity index (χ0v) is 13.7. The average molecular weight is 349 g/mol. The SMILES string of the molecule is O=C(O)[C@@H]1CC[C@@H](NCc2ccc(-n3ccnc3)cc2)C(F)(F)CC1. The first-order valence-electron chi connectivity index (χ1n) is 8.37. The van der Waals surface area contributed by atoms with Gasteiger partial charge in [0.2, 0.25) is 0 Å². The van der Waals surface area contributed by atoms with Crippen molar-refractivity contribution in [3.8, 4) is 5.69 Å². The second-order valence-corrected chi connectivity index (χ2v) is 6.48. The van der Waals surface area contributed by atoms with E-state index in [1.54, 1.807) is 12.5 Å². The fourth-order valence-corrected chi connectivity index (χ4v) is 3.20. The molecule has 7 heteroatoms. The Hall–Kier alpha value is -2.28. The van der Waals surface area contributed by atoms with Crippen LogP contribution in [-0.2, 0) is 11.3 Å². The molecule has 2 atom stereocenters. The second-order valence-electron chi connectivity index (χ2n) is 6.48. The Bertz CT molecular complexity index is 702. The molecule has 25 heavy (non-hydrogen) atoms. The largest absolute Gasteiger partial charge is 0.481 e. The number of aromatic nitrogens is 2. The number of hydrogen-bond acceptors (Lipinski definition) is 3. The molecule has 0 aliphatic heterocycles. The Kier molecular flexibility index (Phi) is 5.13. The summed E-state index contributed by atoms with van der Waals surface area (Å²) in [6.07, 6.45) is 5.30. The highest BCUT2D eigenvalue weighted by Crippen LogP contribution is 2.35. The molecular weight excluding hydrogens is 328 g/mol. The van der Waals surface area contributed by atoms with Gasteiger partial charge in [0.05, 0.1) is 18.3 Å². The van der Waals surface area contributed by atoms with E-state index in [1.807, 2.05) is 35.0 Å². The fraction of sp³-hybridized carbons (Fsp3) is 0.444. The molecule has 0 spiro atoms. The van der Waals surface area contributed by atoms with E-state index in [-0.39, 0.29) is 25.7 Å². The van der Waals surface area contributed by atoms with Crippen molar-refractivity contribution in [1.82, 2.24) is 14.9 Å². The summed E-state index contributed by atoms with van der Waals surface area (Å²) < 4.78 is 30.4. The van der Waals surface area contributed by atoms with Gasteiger partial charge >= 0.3 is 5.97 Å². The molecule has 1 aromatic heterocycles. The molecule has 134 valence electrons. The van der Waals surface area contributed by atoms with Crippen LogP contribution in [0.3, 0.4) is 0 Å². The molecule has 1 heterocycles. The number of rotatable bonds is 5. The van der Waals surface area contributed by atoms with Crippen LogP contribution in [0.25, 0.3) is 5.69 Å². The lowest BCUT2D eigenvalue weighted by Gasteiger charge is -2.25. The van der Waals surface area contributed by atoms with Gasteiger partial charge in [-0.05, 0) is 37.0 Å². The van der Waals surface area contributed by atoms with E-state index in [0.717, 1.165) is 11.3 Å². The van der Waals surface area contributed by atoms with E-state index >= 15 is 0 Å². The average Bonchev–Trinajstić information content (AvgIpc) is 3.06. The Morgan fingerprint density at radius 2 is 2.04 bits per heavy atom. The minimum atomic E-state index is -2.89. The van der Waals surface area contributed by atoms with Gasteiger partial charge in [-0.25, -0.2) is 13.8 Å². The van der Waals surface area contributed by atoms with Gasteiger partial charge in [0.15, 0.2) is 0 Å². The first kappa shape index (κ1) is 17.5. The predicted molar refractivity (Wildman–Crippen MR) is 88.7 cm³/mol. The van der Waals surface area contributed by atoms with Gasteiger partial charge in [-0.2, -0.15) is 0 Å². The minimum absolute atomic E-state index is 0.0279. The van der Waals surface area contributed by atoms with Gasteiger partial charge in [-0.15, -0.1) is 0 Å². The van der Waals surface area contributed by atoms with Gasteiger partial charge in [0.1, 0.15) is 0 Å². The molecule has 1 fully saturated rings. The van der Waals surface area contributed by atoms with Gasteiger partial charge in [0.25, 0.3) is 5.92 Å². The summed E-state index contributed by atoms with van der Waals surface area (Å²) in [5, 5.41) is 12.0. The maximum atomic E-state index is 14.3. The van der Waals surface area contributed by atoms with Crippen molar-refractivity contribution in [2.45, 2.75) is 44.2 Å². The van der Waals surface area contributed by atoms with E-state index in [9.17, 15) is 13.6 Å². The number of benzene rings is 1. The minimum Gasteiger partial charge on any atom is -0.481 e. The summed E-state index contributed by atoms with van der Waals surface area (Å²) >= 11 is 0. The number of hydrogen-bond donors (Lipinski definition) is 2. The zero-order chi connectivity index (χ0) is 17.9. The fourth-order valence-electron chi connectivity index (χ4n) is 3.20. The van der Waals surface area contributed by atoms with Gasteiger partial charge in [0, 0.05) is 31.0 Å². The molecule has 5 nitrogen and oxygen atoms in total. The first-order valence-corrected chi connectivity index (χ1v) is 8.37. The van der Waals surface area contributed by atoms with Crippen LogP contribution in [0, 0.1) is 5.92 Å². The molecule has 0 unspecified atom stereocenters. The molecule has 3 rings (SSSR count). The summed E-state index contributed by atoms with van der Waals surface area (Å²) in [6, 6.07) is 6.59. The van der Waals surface area contributed by atoms with Crippen LogP contribution in [0.1, 0.15) is 31.2 Å². The smallest absolute Gasteiger partial charge is 0.306 e. The molecule has 2 N–H and O–H groups in total. The van der Waals surface area contributed by atoms with Crippen molar-refractivity contribution < 1.29 is 18.7 Å². The molecule has 0 amide bonds. The summed E-state index contributed by atoms with van der Waals surface area (Å²) in [5.41, 5.74) is 1.85. The van der Waals surface area contributed by atoms with E-state index in [0.29, 0.717) is 6.54 Å². The van der Waals surface area contributed by atoms with Gasteiger partial charge < -0.3 is 15.0 Å². The molecule has 2 aromatic rings. The van der Waals surface area contributed by atoms with Crippen LogP contribution in [0.15, 0.2) is 43.0 Å². The summed E-state index contributed by atoms with van der Waals surface area (Å²) in [5.74, 6) is -4.54. The lowest BCUT2D eigenvalue weighted by atomic mass is 10.0. The summed E-state index contributed by atoms with van der Waals surface area (Å²) in [7, 11) is 0. The highest BCUT2D eigenvalue weighted by molar-refractivity contribution is 5.69. The molecule has 0 bridgehead atoms. The Balaban J connectivity index is 1.61. The van der Waals surface area contributed by atoms with Crippen LogP contribution in [0.2, 0.25) is 0 Å². The monoisotopic (exact) mass is 349 g/mol. The third kappa shape index (κ3) is 4.22. The highest BCUT2D eigenvalue weighted by atomic mass is 19.3. The first-order chi connectivity index (χ1) is 12.0. The predicted octanol–water partition coefficient (Wildman–Crippen LogP) is 3.24. The van der Waals surface area contributed by atoms with Crippen molar-refractivity contribution in [2.24, 2.45) is 5.92 Å². The molecule has 1 aliphatic carbocycles. The number of halogens is 2. The van der Waals surface area contributed by atoms with E-state index in [1.165, 1.54) is 0 Å². The van der Waals surface area contributed by atoms with Crippen molar-refractivity contribution in [1.29, 1.82) is 0 Å². The maximum absolute atomic E-state index is 14.3. The van der Waals surface area contributed by atoms with Gasteiger partial charge in [-0.3, -0.25) is 4.79 Å². The normalized spacial score (nSPS) is 23.1. The van der Waals surface area contributed by atoms with Crippen LogP contribution >= 0.6 is 0 Å². The summed E-state index contributed by atoms with van der Waals surface area (Å²) in [6.45, 7) is 0.322. The second kappa shape index (κ2) is 7.31. The quantitative estimate of drug-likeness (QED) is 0.813. The third-order valence-corrected chi connectivity index (χ3v) is 4.78. The van der Waals surface area contributed by atoms with Crippen LogP contribution in [-0.4, -0.2) is 32.6 Å². The number of nitrogens with one attached hydrogen (secondary N) is 1.